The van der Waals surface area contributed by atoms with E-state index < -0.39 is 0 Å². The van der Waals surface area contributed by atoms with Gasteiger partial charge in [0.25, 0.3) is 5.91 Å². The Labute approximate surface area is 136 Å². The average Bonchev–Trinajstić information content (AvgIpc) is 2.45. The van der Waals surface area contributed by atoms with E-state index in [4.69, 9.17) is 0 Å². The van der Waals surface area contributed by atoms with Crippen molar-refractivity contribution in [3.05, 3.63) is 34.1 Å². The molecule has 0 spiro atoms. The van der Waals surface area contributed by atoms with Crippen molar-refractivity contribution in [3.8, 4) is 0 Å². The maximum absolute atomic E-state index is 13.2. The number of rotatable bonds is 4. The van der Waals surface area contributed by atoms with Crippen molar-refractivity contribution >= 4 is 37.8 Å². The highest BCUT2D eigenvalue weighted by Gasteiger charge is 2.26. The monoisotopic (exact) mass is 405 g/mol. The van der Waals surface area contributed by atoms with Crippen molar-refractivity contribution in [2.45, 2.75) is 38.1 Å². The fourth-order valence-corrected chi connectivity index (χ4v) is 3.65. The summed E-state index contributed by atoms with van der Waals surface area (Å²) in [5, 5.41) is 0.758. The first-order valence-corrected chi connectivity index (χ1v) is 8.87. The number of amides is 1. The maximum Gasteiger partial charge on any atom is 0.255 e. The van der Waals surface area contributed by atoms with Gasteiger partial charge in [0.2, 0.25) is 0 Å². The molecule has 0 aliphatic heterocycles. The molecule has 2 nitrogen and oxygen atoms in total. The summed E-state index contributed by atoms with van der Waals surface area (Å²) < 4.78 is 13.7. The summed E-state index contributed by atoms with van der Waals surface area (Å²) in [4.78, 5) is 14.7. The molecule has 0 aromatic heterocycles. The summed E-state index contributed by atoms with van der Waals surface area (Å²) in [6.07, 6.45) is 5.75. The number of alkyl halides is 1. The summed E-state index contributed by atoms with van der Waals surface area (Å²) in [7, 11) is 0. The molecule has 1 aliphatic rings. The minimum Gasteiger partial charge on any atom is -0.335 e. The second kappa shape index (κ2) is 7.55. The van der Waals surface area contributed by atoms with E-state index in [-0.39, 0.29) is 11.7 Å². The van der Waals surface area contributed by atoms with Crippen LogP contribution in [0.2, 0.25) is 0 Å². The molecule has 1 aromatic carbocycles. The van der Waals surface area contributed by atoms with Gasteiger partial charge >= 0.3 is 0 Å². The number of nitrogens with zero attached hydrogens (tertiary/aromatic N) is 1. The van der Waals surface area contributed by atoms with Crippen LogP contribution in [-0.2, 0) is 0 Å². The summed E-state index contributed by atoms with van der Waals surface area (Å²) in [5.74, 6) is -0.346. The van der Waals surface area contributed by atoms with Gasteiger partial charge in [-0.15, -0.1) is 0 Å². The normalized spacial score (nSPS) is 16.1. The molecular weight excluding hydrogens is 389 g/mol. The van der Waals surface area contributed by atoms with E-state index in [1.165, 1.54) is 31.4 Å². The van der Waals surface area contributed by atoms with Gasteiger partial charge in [0.1, 0.15) is 5.82 Å². The standard InChI is InChI=1S/C15H18Br2FNO/c16-8-9-19(12-4-2-1-3-5-12)15(20)13-7-6-11(18)10-14(13)17/h6-7,10,12H,1-5,8-9H2. The number of hydrogen-bond acceptors (Lipinski definition) is 1. The highest BCUT2D eigenvalue weighted by molar-refractivity contribution is 9.10. The maximum atomic E-state index is 13.2. The van der Waals surface area contributed by atoms with Gasteiger partial charge in [0.15, 0.2) is 0 Å². The fraction of sp³-hybridized carbons (Fsp3) is 0.533. The first-order chi connectivity index (χ1) is 9.63. The van der Waals surface area contributed by atoms with Gasteiger partial charge in [-0.2, -0.15) is 0 Å². The van der Waals surface area contributed by atoms with Gasteiger partial charge in [-0.05, 0) is 47.0 Å². The molecule has 1 aliphatic carbocycles. The van der Waals surface area contributed by atoms with Crippen LogP contribution in [0.3, 0.4) is 0 Å². The number of carbonyl (C=O) groups excluding carboxylic acids is 1. The molecule has 0 saturated heterocycles. The molecule has 0 radical (unpaired) electrons. The van der Waals surface area contributed by atoms with Gasteiger partial charge < -0.3 is 4.90 Å². The molecule has 110 valence electrons. The Morgan fingerprint density at radius 3 is 2.60 bits per heavy atom. The smallest absolute Gasteiger partial charge is 0.255 e. The molecule has 0 atom stereocenters. The Hall–Kier alpha value is -0.420. The third-order valence-corrected chi connectivity index (χ3v) is 4.77. The quantitative estimate of drug-likeness (QED) is 0.660. The van der Waals surface area contributed by atoms with Crippen LogP contribution in [0.5, 0.6) is 0 Å². The Kier molecular flexibility index (Phi) is 6.02. The van der Waals surface area contributed by atoms with Crippen molar-refractivity contribution in [1.29, 1.82) is 0 Å². The molecule has 20 heavy (non-hydrogen) atoms. The lowest BCUT2D eigenvalue weighted by Gasteiger charge is -2.34. The minimum absolute atomic E-state index is 0.0109. The van der Waals surface area contributed by atoms with Crippen molar-refractivity contribution in [2.75, 3.05) is 11.9 Å². The third kappa shape index (κ3) is 3.82. The van der Waals surface area contributed by atoms with Crippen LogP contribution in [-0.4, -0.2) is 28.7 Å². The predicted octanol–water partition coefficient (Wildman–Crippen LogP) is 4.76. The number of benzene rings is 1. The van der Waals surface area contributed by atoms with E-state index >= 15 is 0 Å². The summed E-state index contributed by atoms with van der Waals surface area (Å²) in [5.41, 5.74) is 0.540. The molecular formula is C15H18Br2FNO. The lowest BCUT2D eigenvalue weighted by Crippen LogP contribution is -2.42. The van der Waals surface area contributed by atoms with Crippen molar-refractivity contribution in [3.63, 3.8) is 0 Å². The Morgan fingerprint density at radius 1 is 1.30 bits per heavy atom. The van der Waals surface area contributed by atoms with E-state index in [0.717, 1.165) is 18.2 Å². The van der Waals surface area contributed by atoms with Crippen LogP contribution in [0.4, 0.5) is 4.39 Å². The average molecular weight is 407 g/mol. The molecule has 0 N–H and O–H groups in total. The van der Waals surface area contributed by atoms with Crippen LogP contribution < -0.4 is 0 Å². The topological polar surface area (TPSA) is 20.3 Å². The van der Waals surface area contributed by atoms with Crippen LogP contribution in [0.25, 0.3) is 0 Å². The minimum atomic E-state index is -0.335. The van der Waals surface area contributed by atoms with Gasteiger partial charge in [-0.3, -0.25) is 4.79 Å². The van der Waals surface area contributed by atoms with E-state index in [1.54, 1.807) is 6.07 Å². The third-order valence-electron chi connectivity index (χ3n) is 3.76. The van der Waals surface area contributed by atoms with E-state index in [0.29, 0.717) is 22.6 Å². The second-order valence-corrected chi connectivity index (χ2v) is 6.75. The van der Waals surface area contributed by atoms with Crippen LogP contribution in [0, 0.1) is 5.82 Å². The number of halogens is 3. The van der Waals surface area contributed by atoms with Crippen molar-refractivity contribution in [1.82, 2.24) is 4.90 Å². The molecule has 1 saturated carbocycles. The fourth-order valence-electron chi connectivity index (χ4n) is 2.75. The lowest BCUT2D eigenvalue weighted by molar-refractivity contribution is 0.0650. The first-order valence-electron chi connectivity index (χ1n) is 6.95. The van der Waals surface area contributed by atoms with Crippen LogP contribution in [0.15, 0.2) is 22.7 Å². The van der Waals surface area contributed by atoms with E-state index in [2.05, 4.69) is 31.9 Å². The molecule has 0 unspecified atom stereocenters. The molecule has 1 aromatic rings. The Balaban J connectivity index is 2.21. The Bertz CT molecular complexity index is 475. The summed E-state index contributed by atoms with van der Waals surface area (Å²) >= 11 is 6.71. The van der Waals surface area contributed by atoms with Crippen LogP contribution >= 0.6 is 31.9 Å². The largest absolute Gasteiger partial charge is 0.335 e. The first kappa shape index (κ1) is 16.0. The van der Waals surface area contributed by atoms with E-state index in [9.17, 15) is 9.18 Å². The predicted molar refractivity (Wildman–Crippen MR) is 85.8 cm³/mol. The van der Waals surface area contributed by atoms with Crippen molar-refractivity contribution < 1.29 is 9.18 Å². The zero-order chi connectivity index (χ0) is 14.5. The molecule has 0 heterocycles. The summed E-state index contributed by atoms with van der Waals surface area (Å²) in [6, 6.07) is 4.56. The number of hydrogen-bond donors (Lipinski definition) is 0. The van der Waals surface area contributed by atoms with Crippen molar-refractivity contribution in [2.24, 2.45) is 0 Å². The van der Waals surface area contributed by atoms with Crippen LogP contribution in [0.1, 0.15) is 42.5 Å². The van der Waals surface area contributed by atoms with Gasteiger partial charge in [-0.25, -0.2) is 4.39 Å². The zero-order valence-electron chi connectivity index (χ0n) is 11.2. The van der Waals surface area contributed by atoms with Gasteiger partial charge in [0.05, 0.1) is 5.56 Å². The zero-order valence-corrected chi connectivity index (χ0v) is 14.4. The second-order valence-electron chi connectivity index (χ2n) is 5.10. The highest BCUT2D eigenvalue weighted by atomic mass is 79.9. The molecule has 1 amide bonds. The lowest BCUT2D eigenvalue weighted by atomic mass is 9.93. The molecule has 1 fully saturated rings. The SMILES string of the molecule is O=C(c1ccc(F)cc1Br)N(CCBr)C1CCCCC1. The molecule has 5 heteroatoms. The Morgan fingerprint density at radius 2 is 2.00 bits per heavy atom. The van der Waals surface area contributed by atoms with Gasteiger partial charge in [0, 0.05) is 22.4 Å². The number of carbonyl (C=O) groups is 1. The van der Waals surface area contributed by atoms with Gasteiger partial charge in [-0.1, -0.05) is 35.2 Å². The molecule has 0 bridgehead atoms. The summed E-state index contributed by atoms with van der Waals surface area (Å²) in [6.45, 7) is 0.688. The highest BCUT2D eigenvalue weighted by Crippen LogP contribution is 2.26. The van der Waals surface area contributed by atoms with E-state index in [1.807, 2.05) is 4.90 Å². The molecule has 2 rings (SSSR count).